The molecular formula is C26H20N2O. The third-order valence-corrected chi connectivity index (χ3v) is 5.42. The first-order chi connectivity index (χ1) is 14.2. The Hall–Kier alpha value is -3.72. The highest BCUT2D eigenvalue weighted by atomic mass is 16.1. The third kappa shape index (κ3) is 3.43. The van der Waals surface area contributed by atoms with Gasteiger partial charge in [-0.3, -0.25) is 4.79 Å². The molecule has 29 heavy (non-hydrogen) atoms. The summed E-state index contributed by atoms with van der Waals surface area (Å²) < 4.78 is 0. The van der Waals surface area contributed by atoms with Crippen molar-refractivity contribution in [2.45, 2.75) is 13.3 Å². The van der Waals surface area contributed by atoms with Crippen molar-refractivity contribution in [1.29, 1.82) is 0 Å². The second-order valence-electron chi connectivity index (χ2n) is 7.46. The van der Waals surface area contributed by atoms with E-state index in [1.807, 2.05) is 30.5 Å². The molecule has 7 aliphatic rings. The average molecular weight is 376 g/mol. The molecule has 0 spiro atoms. The highest BCUT2D eigenvalue weighted by molar-refractivity contribution is 5.91. The van der Waals surface area contributed by atoms with E-state index in [1.54, 1.807) is 0 Å². The molecule has 0 unspecified atom stereocenters. The molecule has 0 saturated heterocycles. The minimum atomic E-state index is -0.0682. The maximum atomic E-state index is 12.4. The van der Waals surface area contributed by atoms with Gasteiger partial charge in [0.2, 0.25) is 5.91 Å². The smallest absolute Gasteiger partial charge is 0.229 e. The fourth-order valence-electron chi connectivity index (χ4n) is 3.86. The maximum absolute atomic E-state index is 12.4. The third-order valence-electron chi connectivity index (χ3n) is 5.42. The van der Waals surface area contributed by atoms with Gasteiger partial charge in [0, 0.05) is 11.8 Å². The van der Waals surface area contributed by atoms with Crippen LogP contribution in [0.1, 0.15) is 11.1 Å². The Balaban J connectivity index is 1.68. The minimum absolute atomic E-state index is 0.0682. The molecule has 0 radical (unpaired) electrons. The van der Waals surface area contributed by atoms with Crippen LogP contribution in [-0.4, -0.2) is 10.9 Å². The Labute approximate surface area is 170 Å². The number of pyridine rings is 1. The number of amides is 1. The van der Waals surface area contributed by atoms with E-state index in [1.165, 1.54) is 22.3 Å². The number of aryl methyl sites for hydroxylation is 1. The average Bonchev–Trinajstić information content (AvgIpc) is 2.74. The van der Waals surface area contributed by atoms with Crippen molar-refractivity contribution in [1.82, 2.24) is 4.98 Å². The van der Waals surface area contributed by atoms with Crippen molar-refractivity contribution in [2.24, 2.45) is 0 Å². The van der Waals surface area contributed by atoms with E-state index in [0.29, 0.717) is 12.2 Å². The predicted molar refractivity (Wildman–Crippen MR) is 118 cm³/mol. The number of aromatic nitrogens is 1. The zero-order valence-corrected chi connectivity index (χ0v) is 16.1. The fourth-order valence-corrected chi connectivity index (χ4v) is 3.86. The molecule has 1 amide bonds. The summed E-state index contributed by atoms with van der Waals surface area (Å²) in [6, 6.07) is 27.1. The zero-order valence-electron chi connectivity index (χ0n) is 16.1. The van der Waals surface area contributed by atoms with E-state index in [9.17, 15) is 4.79 Å². The summed E-state index contributed by atoms with van der Waals surface area (Å²) >= 11 is 0. The van der Waals surface area contributed by atoms with E-state index >= 15 is 0 Å². The lowest BCUT2D eigenvalue weighted by atomic mass is 9.93. The van der Waals surface area contributed by atoms with Crippen LogP contribution in [0.5, 0.6) is 0 Å². The number of carbonyl (C=O) groups excluding carboxylic acids is 1. The Kier molecular flexibility index (Phi) is 4.21. The largest absolute Gasteiger partial charge is 0.310 e. The Morgan fingerprint density at radius 1 is 0.759 bits per heavy atom. The predicted octanol–water partition coefficient (Wildman–Crippen LogP) is 5.89. The first kappa shape index (κ1) is 17.4. The number of anilines is 1. The molecule has 0 atom stereocenters. The van der Waals surface area contributed by atoms with Crippen LogP contribution < -0.4 is 5.32 Å². The van der Waals surface area contributed by atoms with Crippen molar-refractivity contribution >= 4 is 11.7 Å². The molecule has 3 nitrogen and oxygen atoms in total. The summed E-state index contributed by atoms with van der Waals surface area (Å²) in [6.45, 7) is 2.15. The van der Waals surface area contributed by atoms with E-state index in [-0.39, 0.29) is 5.91 Å². The SMILES string of the molecule is Cc1cc2ccc1-c1cccc(c1)-c1ccc(nc1)NC(=O)Cc1ccc-2cc1. The van der Waals surface area contributed by atoms with E-state index < -0.39 is 0 Å². The maximum Gasteiger partial charge on any atom is 0.229 e. The number of nitrogens with zero attached hydrogens (tertiary/aromatic N) is 1. The van der Waals surface area contributed by atoms with Gasteiger partial charge in [0.25, 0.3) is 0 Å². The highest BCUT2D eigenvalue weighted by Gasteiger charge is 2.10. The van der Waals surface area contributed by atoms with Gasteiger partial charge >= 0.3 is 0 Å². The molecule has 3 heteroatoms. The van der Waals surface area contributed by atoms with Crippen LogP contribution in [0.4, 0.5) is 5.82 Å². The molecular weight excluding hydrogens is 356 g/mol. The molecule has 7 aliphatic heterocycles. The van der Waals surface area contributed by atoms with Gasteiger partial charge < -0.3 is 5.32 Å². The molecule has 11 rings (SSSR count). The molecule has 0 aliphatic carbocycles. The summed E-state index contributed by atoms with van der Waals surface area (Å²) in [7, 11) is 0. The zero-order chi connectivity index (χ0) is 19.8. The minimum Gasteiger partial charge on any atom is -0.310 e. The van der Waals surface area contributed by atoms with Crippen LogP contribution in [0.25, 0.3) is 33.4 Å². The van der Waals surface area contributed by atoms with Gasteiger partial charge in [-0.25, -0.2) is 4.98 Å². The molecule has 1 aromatic heterocycles. The van der Waals surface area contributed by atoms with Gasteiger partial charge in [-0.1, -0.05) is 60.7 Å². The van der Waals surface area contributed by atoms with Gasteiger partial charge in [0.15, 0.2) is 0 Å². The van der Waals surface area contributed by atoms with Crippen molar-refractivity contribution in [3.63, 3.8) is 0 Å². The van der Waals surface area contributed by atoms with Crippen molar-refractivity contribution < 1.29 is 4.79 Å². The molecule has 3 aromatic carbocycles. The van der Waals surface area contributed by atoms with Crippen LogP contribution in [-0.2, 0) is 11.2 Å². The van der Waals surface area contributed by atoms with Crippen LogP contribution in [0.2, 0.25) is 0 Å². The summed E-state index contributed by atoms with van der Waals surface area (Å²) in [6.07, 6.45) is 2.13. The van der Waals surface area contributed by atoms with Crippen molar-refractivity contribution in [3.05, 3.63) is 96.2 Å². The summed E-state index contributed by atoms with van der Waals surface area (Å²) in [5.74, 6) is 0.500. The molecule has 0 fully saturated rings. The second kappa shape index (κ2) is 7.02. The van der Waals surface area contributed by atoms with Crippen LogP contribution >= 0.6 is 0 Å². The quantitative estimate of drug-likeness (QED) is 0.416. The normalized spacial score (nSPS) is 12.5. The molecule has 140 valence electrons. The summed E-state index contributed by atoms with van der Waals surface area (Å²) in [5.41, 5.74) is 9.08. The fraction of sp³-hybridized carbons (Fsp3) is 0.0769. The monoisotopic (exact) mass is 376 g/mol. The summed E-state index contributed by atoms with van der Waals surface area (Å²) in [5, 5.41) is 2.88. The number of benzene rings is 3. The second-order valence-corrected chi connectivity index (χ2v) is 7.46. The topological polar surface area (TPSA) is 42.0 Å². The van der Waals surface area contributed by atoms with Crippen molar-refractivity contribution in [3.8, 4) is 33.4 Å². The number of rotatable bonds is 0. The first-order valence-electron chi connectivity index (χ1n) is 9.72. The Morgan fingerprint density at radius 3 is 2.24 bits per heavy atom. The molecule has 4 aromatic rings. The lowest BCUT2D eigenvalue weighted by molar-refractivity contribution is -0.115. The van der Waals surface area contributed by atoms with Gasteiger partial charge in [0.1, 0.15) is 5.82 Å². The molecule has 0 saturated carbocycles. The first-order valence-corrected chi connectivity index (χ1v) is 9.72. The number of carbonyl (C=O) groups is 1. The molecule has 8 bridgehead atoms. The molecule has 8 heterocycles. The Morgan fingerprint density at radius 2 is 1.48 bits per heavy atom. The van der Waals surface area contributed by atoms with E-state index in [4.69, 9.17) is 0 Å². The van der Waals surface area contributed by atoms with Gasteiger partial charge in [-0.2, -0.15) is 0 Å². The van der Waals surface area contributed by atoms with E-state index in [0.717, 1.165) is 22.3 Å². The van der Waals surface area contributed by atoms with Gasteiger partial charge in [-0.05, 0) is 64.1 Å². The number of nitrogens with one attached hydrogen (secondary N) is 1. The van der Waals surface area contributed by atoms with Gasteiger partial charge in [-0.15, -0.1) is 0 Å². The summed E-state index contributed by atoms with van der Waals surface area (Å²) in [4.78, 5) is 16.8. The molecule has 1 N–H and O–H groups in total. The number of hydrogen-bond acceptors (Lipinski definition) is 2. The van der Waals surface area contributed by atoms with Crippen LogP contribution in [0.3, 0.4) is 0 Å². The van der Waals surface area contributed by atoms with Crippen LogP contribution in [0.15, 0.2) is 85.1 Å². The lowest BCUT2D eigenvalue weighted by Gasteiger charge is -2.12. The lowest BCUT2D eigenvalue weighted by Crippen LogP contribution is -2.15. The Bertz CT molecular complexity index is 1210. The highest BCUT2D eigenvalue weighted by Crippen LogP contribution is 2.31. The van der Waals surface area contributed by atoms with Crippen molar-refractivity contribution in [2.75, 3.05) is 5.32 Å². The van der Waals surface area contributed by atoms with E-state index in [2.05, 4.69) is 71.8 Å². The standard InChI is InChI=1S/C26H20N2O/c1-17-13-21-9-11-24(17)22-4-2-3-20(15-22)23-10-12-25(27-16-23)28-26(29)14-18-5-7-19(21)8-6-18/h2-13,15-16H,14H2,1H3,(H,27,28,29). The number of hydrogen-bond donors (Lipinski definition) is 1. The van der Waals surface area contributed by atoms with Crippen LogP contribution in [0, 0.1) is 6.92 Å². The van der Waals surface area contributed by atoms with Gasteiger partial charge in [0.05, 0.1) is 6.42 Å².